The quantitative estimate of drug-likeness (QED) is 0.619. The second kappa shape index (κ2) is 8.78. The Morgan fingerprint density at radius 2 is 1.61 bits per heavy atom. The van der Waals surface area contributed by atoms with Crippen molar-refractivity contribution in [1.29, 1.82) is 0 Å². The van der Waals surface area contributed by atoms with E-state index in [2.05, 4.69) is 10.3 Å². The van der Waals surface area contributed by atoms with Crippen LogP contribution in [0.5, 0.6) is 0 Å². The number of hydrogen-bond acceptors (Lipinski definition) is 5. The molecular formula is C25H27N5O3. The third-order valence-corrected chi connectivity index (χ3v) is 6.58. The topological polar surface area (TPSA) is 80.6 Å². The summed E-state index contributed by atoms with van der Waals surface area (Å²) in [6, 6.07) is 15.8. The number of aromatic nitrogens is 3. The van der Waals surface area contributed by atoms with Gasteiger partial charge in [0.05, 0.1) is 18.8 Å². The zero-order valence-electron chi connectivity index (χ0n) is 18.9. The summed E-state index contributed by atoms with van der Waals surface area (Å²) in [5.74, 6) is -0.150. The number of carbonyl (C=O) groups excluding carboxylic acids is 2. The van der Waals surface area contributed by atoms with Crippen molar-refractivity contribution in [2.45, 2.75) is 33.1 Å². The number of ether oxygens (including phenoxy) is 1. The maximum Gasteiger partial charge on any atom is 0.276 e. The molecule has 0 radical (unpaired) electrons. The van der Waals surface area contributed by atoms with Gasteiger partial charge in [-0.1, -0.05) is 41.6 Å². The second-order valence-corrected chi connectivity index (χ2v) is 8.66. The lowest BCUT2D eigenvalue weighted by atomic mass is 10.1. The maximum atomic E-state index is 13.2. The van der Waals surface area contributed by atoms with E-state index in [0.717, 1.165) is 16.7 Å². The highest BCUT2D eigenvalue weighted by molar-refractivity contribution is 5.95. The number of amides is 2. The molecule has 3 aromatic rings. The van der Waals surface area contributed by atoms with Crippen LogP contribution in [0.3, 0.4) is 0 Å². The lowest BCUT2D eigenvalue weighted by molar-refractivity contribution is -0.00202. The van der Waals surface area contributed by atoms with Gasteiger partial charge < -0.3 is 14.5 Å². The van der Waals surface area contributed by atoms with Crippen molar-refractivity contribution in [2.75, 3.05) is 26.2 Å². The fourth-order valence-electron chi connectivity index (χ4n) is 4.37. The first-order valence-corrected chi connectivity index (χ1v) is 11.3. The molecule has 0 N–H and O–H groups in total. The molecule has 2 aliphatic rings. The van der Waals surface area contributed by atoms with Crippen LogP contribution in [0.1, 0.15) is 49.3 Å². The number of piperazine rings is 1. The summed E-state index contributed by atoms with van der Waals surface area (Å²) in [5, 5.41) is 8.40. The van der Waals surface area contributed by atoms with Gasteiger partial charge in [-0.15, -0.1) is 5.10 Å². The second-order valence-electron chi connectivity index (χ2n) is 8.66. The van der Waals surface area contributed by atoms with Crippen molar-refractivity contribution < 1.29 is 14.3 Å². The molecule has 0 saturated carbocycles. The van der Waals surface area contributed by atoms with Crippen molar-refractivity contribution >= 4 is 11.8 Å². The van der Waals surface area contributed by atoms with Crippen LogP contribution in [0.2, 0.25) is 0 Å². The third-order valence-electron chi connectivity index (χ3n) is 6.58. The molecule has 1 aromatic heterocycles. The predicted octanol–water partition coefficient (Wildman–Crippen LogP) is 2.76. The summed E-state index contributed by atoms with van der Waals surface area (Å²) in [5.41, 5.74) is 5.09. The summed E-state index contributed by atoms with van der Waals surface area (Å²) in [6.45, 7) is 6.78. The lowest BCUT2D eigenvalue weighted by Gasteiger charge is -2.34. The van der Waals surface area contributed by atoms with Crippen molar-refractivity contribution in [3.05, 3.63) is 82.2 Å². The van der Waals surface area contributed by atoms with Gasteiger partial charge in [-0.25, -0.2) is 4.68 Å². The van der Waals surface area contributed by atoms with E-state index < -0.39 is 0 Å². The Bertz CT molecular complexity index is 1180. The molecule has 1 atom stereocenters. The molecule has 2 aromatic carbocycles. The molecule has 2 amide bonds. The van der Waals surface area contributed by atoms with Crippen LogP contribution in [0, 0.1) is 13.8 Å². The first kappa shape index (κ1) is 21.3. The van der Waals surface area contributed by atoms with Crippen molar-refractivity contribution in [3.63, 3.8) is 0 Å². The molecule has 0 spiro atoms. The van der Waals surface area contributed by atoms with Crippen molar-refractivity contribution in [2.24, 2.45) is 0 Å². The van der Waals surface area contributed by atoms with E-state index in [-0.39, 0.29) is 17.9 Å². The Morgan fingerprint density at radius 1 is 0.909 bits per heavy atom. The highest BCUT2D eigenvalue weighted by Gasteiger charge is 2.32. The molecule has 170 valence electrons. The third kappa shape index (κ3) is 4.14. The Balaban J connectivity index is 1.23. The molecule has 1 saturated heterocycles. The van der Waals surface area contributed by atoms with E-state index in [9.17, 15) is 9.59 Å². The van der Waals surface area contributed by atoms with E-state index in [1.54, 1.807) is 9.58 Å². The van der Waals surface area contributed by atoms with Crippen LogP contribution in [0.4, 0.5) is 0 Å². The number of carbonyl (C=O) groups is 2. The summed E-state index contributed by atoms with van der Waals surface area (Å²) in [4.78, 5) is 29.6. The minimum atomic E-state index is -0.156. The number of hydrogen-bond donors (Lipinski definition) is 0. The largest absolute Gasteiger partial charge is 0.365 e. The highest BCUT2D eigenvalue weighted by atomic mass is 16.5. The van der Waals surface area contributed by atoms with E-state index in [0.29, 0.717) is 56.3 Å². The minimum absolute atomic E-state index is 0.00610. The molecule has 2 aliphatic heterocycles. The maximum absolute atomic E-state index is 13.2. The van der Waals surface area contributed by atoms with Gasteiger partial charge in [-0.2, -0.15) is 0 Å². The number of benzene rings is 2. The summed E-state index contributed by atoms with van der Waals surface area (Å²) in [7, 11) is 0. The van der Waals surface area contributed by atoms with Gasteiger partial charge in [-0.05, 0) is 42.7 Å². The highest BCUT2D eigenvalue weighted by Crippen LogP contribution is 2.27. The molecule has 3 heterocycles. The molecule has 8 nitrogen and oxygen atoms in total. The lowest BCUT2D eigenvalue weighted by Crippen LogP contribution is -2.50. The van der Waals surface area contributed by atoms with E-state index in [1.807, 2.05) is 67.3 Å². The summed E-state index contributed by atoms with van der Waals surface area (Å²) < 4.78 is 7.79. The number of nitrogens with zero attached hydrogens (tertiary/aromatic N) is 5. The standard InChI is InChI=1S/C25H27N5O3/c1-17-8-9-20(14-18(17)2)24(31)28-10-12-29(13-11-28)25(32)23-21-16-33-22(15-30(21)27-26-23)19-6-4-3-5-7-19/h3-9,14,22H,10-13,15-16H2,1-2H3. The van der Waals surface area contributed by atoms with Crippen LogP contribution >= 0.6 is 0 Å². The molecule has 0 bridgehead atoms. The average molecular weight is 446 g/mol. The first-order valence-electron chi connectivity index (χ1n) is 11.3. The van der Waals surface area contributed by atoms with Gasteiger partial charge in [0, 0.05) is 31.7 Å². The Labute approximate surface area is 192 Å². The van der Waals surface area contributed by atoms with Gasteiger partial charge in [0.1, 0.15) is 6.10 Å². The summed E-state index contributed by atoms with van der Waals surface area (Å²) in [6.07, 6.45) is -0.108. The monoisotopic (exact) mass is 445 g/mol. The van der Waals surface area contributed by atoms with Crippen molar-refractivity contribution in [3.8, 4) is 0 Å². The van der Waals surface area contributed by atoms with E-state index >= 15 is 0 Å². The number of aryl methyl sites for hydroxylation is 2. The molecular weight excluding hydrogens is 418 g/mol. The summed E-state index contributed by atoms with van der Waals surface area (Å²) >= 11 is 0. The minimum Gasteiger partial charge on any atom is -0.365 e. The van der Waals surface area contributed by atoms with Gasteiger partial charge in [0.25, 0.3) is 11.8 Å². The Morgan fingerprint density at radius 3 is 2.30 bits per heavy atom. The van der Waals surface area contributed by atoms with Crippen LogP contribution in [-0.4, -0.2) is 62.8 Å². The number of rotatable bonds is 3. The Kier molecular flexibility index (Phi) is 5.68. The molecule has 1 fully saturated rings. The van der Waals surface area contributed by atoms with Crippen LogP contribution in [-0.2, 0) is 17.9 Å². The van der Waals surface area contributed by atoms with Crippen LogP contribution in [0.25, 0.3) is 0 Å². The zero-order chi connectivity index (χ0) is 22.9. The normalized spacial score (nSPS) is 18.2. The molecule has 0 aliphatic carbocycles. The molecule has 1 unspecified atom stereocenters. The average Bonchev–Trinajstić information content (AvgIpc) is 3.29. The predicted molar refractivity (Wildman–Crippen MR) is 122 cm³/mol. The van der Waals surface area contributed by atoms with Gasteiger partial charge >= 0.3 is 0 Å². The number of fused-ring (bicyclic) bond motifs is 1. The smallest absolute Gasteiger partial charge is 0.276 e. The zero-order valence-corrected chi connectivity index (χ0v) is 18.9. The van der Waals surface area contributed by atoms with Crippen LogP contribution < -0.4 is 0 Å². The van der Waals surface area contributed by atoms with E-state index in [4.69, 9.17) is 4.74 Å². The fraction of sp³-hybridized carbons (Fsp3) is 0.360. The fourth-order valence-corrected chi connectivity index (χ4v) is 4.37. The van der Waals surface area contributed by atoms with Gasteiger partial charge in [0.2, 0.25) is 0 Å². The molecule has 8 heteroatoms. The molecule has 33 heavy (non-hydrogen) atoms. The Hall–Kier alpha value is -3.52. The van der Waals surface area contributed by atoms with Crippen molar-refractivity contribution in [1.82, 2.24) is 24.8 Å². The SMILES string of the molecule is Cc1ccc(C(=O)N2CCN(C(=O)c3nnn4c3COC(c3ccccc3)C4)CC2)cc1C. The van der Waals surface area contributed by atoms with E-state index in [1.165, 1.54) is 0 Å². The molecule has 5 rings (SSSR count). The first-order chi connectivity index (χ1) is 16.0. The van der Waals surface area contributed by atoms with Crippen LogP contribution in [0.15, 0.2) is 48.5 Å². The van der Waals surface area contributed by atoms with Gasteiger partial charge in [-0.3, -0.25) is 9.59 Å². The van der Waals surface area contributed by atoms with Gasteiger partial charge in [0.15, 0.2) is 5.69 Å².